The zero-order valence-electron chi connectivity index (χ0n) is 8.57. The largest absolute Gasteiger partial charge is 0.377 e. The van der Waals surface area contributed by atoms with Gasteiger partial charge in [0.05, 0.1) is 18.1 Å². The molecule has 1 unspecified atom stereocenters. The molecular weight excluding hydrogens is 178 g/mol. The average molecular weight is 195 g/mol. The monoisotopic (exact) mass is 195 g/mol. The van der Waals surface area contributed by atoms with Crippen molar-refractivity contribution in [2.45, 2.75) is 25.5 Å². The standard InChI is InChI=1S/C10H17N3O/c1-13-7-9(12-8-13)5-11-6-10-3-2-4-14-10/h7-8,10-11H,2-6H2,1H3. The molecule has 0 amide bonds. The normalized spacial score (nSPS) is 21.6. The van der Waals surface area contributed by atoms with Crippen LogP contribution in [0.2, 0.25) is 0 Å². The van der Waals surface area contributed by atoms with Gasteiger partial charge >= 0.3 is 0 Å². The van der Waals surface area contributed by atoms with Gasteiger partial charge in [0.25, 0.3) is 0 Å². The minimum absolute atomic E-state index is 0.415. The van der Waals surface area contributed by atoms with E-state index in [0.717, 1.165) is 25.4 Å². The van der Waals surface area contributed by atoms with Crippen LogP contribution >= 0.6 is 0 Å². The van der Waals surface area contributed by atoms with Gasteiger partial charge in [-0.25, -0.2) is 4.98 Å². The lowest BCUT2D eigenvalue weighted by molar-refractivity contribution is 0.110. The third kappa shape index (κ3) is 2.56. The number of nitrogens with zero attached hydrogens (tertiary/aromatic N) is 2. The maximum Gasteiger partial charge on any atom is 0.0947 e. The van der Waals surface area contributed by atoms with Crippen LogP contribution in [-0.2, 0) is 18.3 Å². The van der Waals surface area contributed by atoms with Crippen LogP contribution in [-0.4, -0.2) is 28.8 Å². The van der Waals surface area contributed by atoms with Crippen LogP contribution in [0.3, 0.4) is 0 Å². The lowest BCUT2D eigenvalue weighted by Gasteiger charge is -2.09. The van der Waals surface area contributed by atoms with Crippen LogP contribution in [0.5, 0.6) is 0 Å². The van der Waals surface area contributed by atoms with Crippen molar-refractivity contribution in [3.05, 3.63) is 18.2 Å². The van der Waals surface area contributed by atoms with Crippen LogP contribution in [0.4, 0.5) is 0 Å². The van der Waals surface area contributed by atoms with Gasteiger partial charge in [0.1, 0.15) is 0 Å². The molecule has 0 saturated carbocycles. The van der Waals surface area contributed by atoms with Crippen molar-refractivity contribution in [1.82, 2.24) is 14.9 Å². The molecule has 0 bridgehead atoms. The van der Waals surface area contributed by atoms with Crippen LogP contribution < -0.4 is 5.32 Å². The highest BCUT2D eigenvalue weighted by Crippen LogP contribution is 2.10. The van der Waals surface area contributed by atoms with Gasteiger partial charge in [0.15, 0.2) is 0 Å². The fraction of sp³-hybridized carbons (Fsp3) is 0.700. The number of aromatic nitrogens is 2. The molecule has 78 valence electrons. The first-order valence-corrected chi connectivity index (χ1v) is 5.14. The lowest BCUT2D eigenvalue weighted by atomic mass is 10.2. The van der Waals surface area contributed by atoms with E-state index < -0.39 is 0 Å². The quantitative estimate of drug-likeness (QED) is 0.768. The second kappa shape index (κ2) is 4.57. The second-order valence-corrected chi connectivity index (χ2v) is 3.80. The molecule has 1 aliphatic rings. The molecule has 4 heteroatoms. The minimum Gasteiger partial charge on any atom is -0.377 e. The van der Waals surface area contributed by atoms with Gasteiger partial charge < -0.3 is 14.6 Å². The van der Waals surface area contributed by atoms with E-state index in [2.05, 4.69) is 10.3 Å². The highest BCUT2D eigenvalue weighted by atomic mass is 16.5. The van der Waals surface area contributed by atoms with E-state index >= 15 is 0 Å². The topological polar surface area (TPSA) is 39.1 Å². The van der Waals surface area contributed by atoms with Crippen molar-refractivity contribution in [2.75, 3.05) is 13.2 Å². The van der Waals surface area contributed by atoms with Gasteiger partial charge in [-0.05, 0) is 12.8 Å². The molecule has 1 aliphatic heterocycles. The molecular formula is C10H17N3O. The molecule has 0 radical (unpaired) electrons. The smallest absolute Gasteiger partial charge is 0.0947 e. The zero-order chi connectivity index (χ0) is 9.80. The first-order chi connectivity index (χ1) is 6.84. The predicted molar refractivity (Wildman–Crippen MR) is 53.9 cm³/mol. The SMILES string of the molecule is Cn1cnc(CNCC2CCCO2)c1. The Bertz CT molecular complexity index is 279. The Balaban J connectivity index is 1.67. The molecule has 0 aromatic carbocycles. The Kier molecular flexibility index (Phi) is 3.16. The summed E-state index contributed by atoms with van der Waals surface area (Å²) in [5.74, 6) is 0. The van der Waals surface area contributed by atoms with Gasteiger partial charge in [0.2, 0.25) is 0 Å². The Morgan fingerprint density at radius 3 is 3.29 bits per heavy atom. The number of hydrogen-bond donors (Lipinski definition) is 1. The van der Waals surface area contributed by atoms with Gasteiger partial charge in [0, 0.05) is 32.9 Å². The maximum absolute atomic E-state index is 5.51. The lowest BCUT2D eigenvalue weighted by Crippen LogP contribution is -2.25. The van der Waals surface area contributed by atoms with Crippen LogP contribution in [0.15, 0.2) is 12.5 Å². The molecule has 0 aliphatic carbocycles. The molecule has 14 heavy (non-hydrogen) atoms. The summed E-state index contributed by atoms with van der Waals surface area (Å²) in [6.07, 6.45) is 6.66. The van der Waals surface area contributed by atoms with Crippen LogP contribution in [0.1, 0.15) is 18.5 Å². The van der Waals surface area contributed by atoms with E-state index in [9.17, 15) is 0 Å². The number of imidazole rings is 1. The fourth-order valence-corrected chi connectivity index (χ4v) is 1.72. The zero-order valence-corrected chi connectivity index (χ0v) is 8.57. The highest BCUT2D eigenvalue weighted by Gasteiger charge is 2.14. The second-order valence-electron chi connectivity index (χ2n) is 3.80. The number of rotatable bonds is 4. The van der Waals surface area contributed by atoms with E-state index in [4.69, 9.17) is 4.74 Å². The summed E-state index contributed by atoms with van der Waals surface area (Å²) < 4.78 is 7.47. The average Bonchev–Trinajstić information content (AvgIpc) is 2.77. The molecule has 1 N–H and O–H groups in total. The molecule has 1 atom stereocenters. The predicted octanol–water partition coefficient (Wildman–Crippen LogP) is 0.689. The van der Waals surface area contributed by atoms with E-state index in [1.807, 2.05) is 24.1 Å². The van der Waals surface area contributed by atoms with Crippen molar-refractivity contribution >= 4 is 0 Å². The Morgan fingerprint density at radius 1 is 1.71 bits per heavy atom. The summed E-state index contributed by atoms with van der Waals surface area (Å²) in [4.78, 5) is 4.24. The summed E-state index contributed by atoms with van der Waals surface area (Å²) in [7, 11) is 1.98. The van der Waals surface area contributed by atoms with Crippen molar-refractivity contribution in [3.8, 4) is 0 Å². The number of nitrogens with one attached hydrogen (secondary N) is 1. The van der Waals surface area contributed by atoms with Gasteiger partial charge in [-0.1, -0.05) is 0 Å². The summed E-state index contributed by atoms with van der Waals surface area (Å²) >= 11 is 0. The molecule has 0 spiro atoms. The van der Waals surface area contributed by atoms with Crippen molar-refractivity contribution in [2.24, 2.45) is 7.05 Å². The van der Waals surface area contributed by atoms with Crippen molar-refractivity contribution in [1.29, 1.82) is 0 Å². The Morgan fingerprint density at radius 2 is 2.64 bits per heavy atom. The summed E-state index contributed by atoms with van der Waals surface area (Å²) in [5.41, 5.74) is 1.09. The first kappa shape index (κ1) is 9.68. The number of hydrogen-bond acceptors (Lipinski definition) is 3. The number of ether oxygens (including phenoxy) is 1. The summed E-state index contributed by atoms with van der Waals surface area (Å²) in [5, 5.41) is 3.36. The molecule has 1 saturated heterocycles. The summed E-state index contributed by atoms with van der Waals surface area (Å²) in [6, 6.07) is 0. The summed E-state index contributed by atoms with van der Waals surface area (Å²) in [6.45, 7) is 2.70. The minimum atomic E-state index is 0.415. The third-order valence-electron chi connectivity index (χ3n) is 2.46. The molecule has 2 rings (SSSR count). The molecule has 1 aromatic heterocycles. The molecule has 1 fully saturated rings. The first-order valence-electron chi connectivity index (χ1n) is 5.14. The van der Waals surface area contributed by atoms with E-state index in [0.29, 0.717) is 6.10 Å². The van der Waals surface area contributed by atoms with Crippen LogP contribution in [0, 0.1) is 0 Å². The highest BCUT2D eigenvalue weighted by molar-refractivity contribution is 4.95. The molecule has 2 heterocycles. The van der Waals surface area contributed by atoms with Gasteiger partial charge in [-0.2, -0.15) is 0 Å². The Labute approximate surface area is 84.3 Å². The van der Waals surface area contributed by atoms with E-state index in [1.54, 1.807) is 0 Å². The Hall–Kier alpha value is -0.870. The fourth-order valence-electron chi connectivity index (χ4n) is 1.72. The third-order valence-corrected chi connectivity index (χ3v) is 2.46. The van der Waals surface area contributed by atoms with Gasteiger partial charge in [-0.15, -0.1) is 0 Å². The maximum atomic E-state index is 5.51. The van der Waals surface area contributed by atoms with Gasteiger partial charge in [-0.3, -0.25) is 0 Å². The van der Waals surface area contributed by atoms with Crippen molar-refractivity contribution < 1.29 is 4.74 Å². The van der Waals surface area contributed by atoms with E-state index in [-0.39, 0.29) is 0 Å². The van der Waals surface area contributed by atoms with Crippen molar-refractivity contribution in [3.63, 3.8) is 0 Å². The van der Waals surface area contributed by atoms with E-state index in [1.165, 1.54) is 12.8 Å². The number of aryl methyl sites for hydroxylation is 1. The van der Waals surface area contributed by atoms with Crippen LogP contribution in [0.25, 0.3) is 0 Å². The molecule has 4 nitrogen and oxygen atoms in total. The molecule has 1 aromatic rings.